The first-order valence-corrected chi connectivity index (χ1v) is 27.5. The van der Waals surface area contributed by atoms with Gasteiger partial charge in [-0.1, -0.05) is 0 Å². The number of phenolic OH excluding ortho intramolecular Hbond substituents is 4. The van der Waals surface area contributed by atoms with E-state index in [4.69, 9.17) is 32.7 Å². The predicted molar refractivity (Wildman–Crippen MR) is 283 cm³/mol. The molecule has 6 aromatic carbocycles. The van der Waals surface area contributed by atoms with Crippen LogP contribution < -0.4 is 20.1 Å². The van der Waals surface area contributed by atoms with Crippen molar-refractivity contribution in [1.29, 1.82) is 0 Å². The van der Waals surface area contributed by atoms with Crippen molar-refractivity contribution in [2.24, 2.45) is 20.5 Å². The molecule has 0 atom stereocenters. The maximum absolute atomic E-state index is 12.2. The van der Waals surface area contributed by atoms with Gasteiger partial charge in [0, 0.05) is 51.8 Å². The largest absolute Gasteiger partial charge is 1.00 e. The molecule has 0 spiro atoms. The number of aromatic hydroxyl groups is 4. The van der Waals surface area contributed by atoms with Crippen molar-refractivity contribution in [2.45, 2.75) is 19.6 Å². The molecule has 1 radical (unpaired) electrons. The average Bonchev–Trinajstić information content (AvgIpc) is 0.914. The number of azo groups is 2. The zero-order chi connectivity index (χ0) is 60.6. The molecule has 83 heavy (non-hydrogen) atoms. The summed E-state index contributed by atoms with van der Waals surface area (Å²) in [7, 11) is -17.8. The number of phenols is 4. The number of halogens is 2. The number of ether oxygens (including phenoxy) is 2. The standard InChI is InChI=1S/2C20H14ClN7O11S2.Co/c2*1-39-20-24-18(21)23-19(25-20)22-12-7-10(40(33,34)35)4-8-5-14(41(36,37)38)16(17(30)15(8)12)27-26-11-6-9(28(31)32)2-3-13(11)29;/h2*2-7,29-30H,1H3,(H,33,34,35)(H,36,37,38)(H,22,23,24,25);/p+5. The van der Waals surface area contributed by atoms with Crippen LogP contribution in [0.15, 0.2) is 113 Å². The van der Waals surface area contributed by atoms with Gasteiger partial charge in [-0.25, -0.2) is 0 Å². The van der Waals surface area contributed by atoms with E-state index in [1.54, 1.807) is 0 Å². The summed E-state index contributed by atoms with van der Waals surface area (Å²) in [5, 5.41) is 81.7. The van der Waals surface area contributed by atoms with E-state index in [-0.39, 0.29) is 91.3 Å². The van der Waals surface area contributed by atoms with Gasteiger partial charge in [-0.05, 0) is 82.5 Å². The monoisotopic (exact) mass is 1320 g/mol. The SMILES string of the molecule is COc1nc(Cl)nc(Nc2cc(S(=O)(=O)O)cc3cc(S(=O)(=O)O)c(N=Nc4cc([N+](=O)[O-])ccc4O)c(O)c23)n1.COc1nc(Cl)nc(Nc2cc(S(=O)(=O)O)cc3cc(S(=O)(=O)O)c(N=Nc4cc([N+](=O)[O-])ccc4O)c(O)c23)n1.[Co].[H+].[H+].[H+].[H+].[H+]. The van der Waals surface area contributed by atoms with Gasteiger partial charge in [0.25, 0.3) is 51.8 Å². The third kappa shape index (κ3) is 14.6. The van der Waals surface area contributed by atoms with Crippen LogP contribution in [0, 0.1) is 20.2 Å². The summed E-state index contributed by atoms with van der Waals surface area (Å²) < 4.78 is 145. The molecule has 10 N–H and O–H groups in total. The number of nitro groups is 2. The smallest absolute Gasteiger partial charge is 0.506 e. The number of benzene rings is 6. The molecule has 0 saturated heterocycles. The zero-order valence-electron chi connectivity index (χ0n) is 45.3. The Bertz CT molecular complexity index is 4300. The molecule has 0 saturated carbocycles. The molecule has 8 rings (SSSR count). The molecule has 8 aromatic rings. The first-order valence-electron chi connectivity index (χ1n) is 21.0. The third-order valence-corrected chi connectivity index (χ3v) is 14.0. The molecule has 0 aliphatic rings. The van der Waals surface area contributed by atoms with E-state index in [0.717, 1.165) is 60.7 Å². The fraction of sp³-hybridized carbons (Fsp3) is 0.0500. The molecule has 0 bridgehead atoms. The number of methoxy groups -OCH3 is 2. The fourth-order valence-electron chi connectivity index (χ4n) is 6.82. The van der Waals surface area contributed by atoms with E-state index in [9.17, 15) is 92.5 Å². The van der Waals surface area contributed by atoms with E-state index in [1.807, 2.05) is 0 Å². The number of fused-ring (bicyclic) bond motifs is 2. The molecule has 0 amide bonds. The summed E-state index contributed by atoms with van der Waals surface area (Å²) in [5.74, 6) is -3.93. The van der Waals surface area contributed by atoms with Gasteiger partial charge < -0.3 is 40.5 Å². The van der Waals surface area contributed by atoms with Gasteiger partial charge in [-0.15, -0.1) is 20.5 Å². The number of hydrogen-bond donors (Lipinski definition) is 10. The maximum Gasteiger partial charge on any atom is 1.00 e. The number of nitrogens with zero attached hydrogens (tertiary/aromatic N) is 12. The van der Waals surface area contributed by atoms with Crippen molar-refractivity contribution < 1.29 is 116 Å². The van der Waals surface area contributed by atoms with E-state index in [1.165, 1.54) is 14.2 Å². The molecule has 2 aromatic heterocycles. The molecule has 36 nitrogen and oxygen atoms in total. The van der Waals surface area contributed by atoms with Gasteiger partial charge >= 0.3 is 19.2 Å². The Morgan fingerprint density at radius 1 is 0.518 bits per heavy atom. The number of nitro benzene ring substituents is 2. The molecule has 0 fully saturated rings. The number of nitrogens with one attached hydrogen (secondary N) is 2. The second-order valence-electron chi connectivity index (χ2n) is 15.5. The summed E-state index contributed by atoms with van der Waals surface area (Å²) in [6, 6.07) is 9.41. The Labute approximate surface area is 489 Å². The van der Waals surface area contributed by atoms with Crippen LogP contribution in [0.1, 0.15) is 7.13 Å². The molecule has 2 heterocycles. The van der Waals surface area contributed by atoms with E-state index in [0.29, 0.717) is 12.1 Å². The number of non-ortho nitro benzene ring substituents is 2. The fourth-order valence-corrected chi connectivity index (χ4v) is 9.52. The molecular formula is C40H33Cl2CoN14O22S4+5. The van der Waals surface area contributed by atoms with Crippen molar-refractivity contribution in [2.75, 3.05) is 24.9 Å². The van der Waals surface area contributed by atoms with Gasteiger partial charge in [0.15, 0.2) is 11.5 Å². The summed E-state index contributed by atoms with van der Waals surface area (Å²) in [6.07, 6.45) is 0. The second kappa shape index (κ2) is 24.2. The molecule has 437 valence electrons. The van der Waals surface area contributed by atoms with Crippen molar-refractivity contribution >= 4 is 143 Å². The van der Waals surface area contributed by atoms with Crippen LogP contribution in [0.5, 0.6) is 35.0 Å². The third-order valence-electron chi connectivity index (χ3n) is 10.3. The Morgan fingerprint density at radius 2 is 0.867 bits per heavy atom. The van der Waals surface area contributed by atoms with Crippen molar-refractivity contribution in [3.05, 3.63) is 104 Å². The van der Waals surface area contributed by atoms with Crippen LogP contribution in [0.3, 0.4) is 0 Å². The Kier molecular flexibility index (Phi) is 18.4. The Balaban J connectivity index is 0.000000824. The zero-order valence-corrected chi connectivity index (χ0v) is 46.1. The van der Waals surface area contributed by atoms with E-state index in [2.05, 4.69) is 61.0 Å². The van der Waals surface area contributed by atoms with Crippen molar-refractivity contribution in [3.8, 4) is 35.0 Å². The van der Waals surface area contributed by atoms with Crippen LogP contribution in [-0.2, 0) is 57.3 Å². The molecule has 43 heteroatoms. The second-order valence-corrected chi connectivity index (χ2v) is 21.8. The van der Waals surface area contributed by atoms with Crippen molar-refractivity contribution in [3.63, 3.8) is 0 Å². The first-order chi connectivity index (χ1) is 38.2. The van der Waals surface area contributed by atoms with E-state index < -0.39 is 127 Å². The minimum atomic E-state index is -5.20. The quantitative estimate of drug-likeness (QED) is 0.0190. The average molecular weight is 1320 g/mol. The van der Waals surface area contributed by atoms with Gasteiger partial charge in [-0.3, -0.25) is 38.4 Å². The summed E-state index contributed by atoms with van der Waals surface area (Å²) in [4.78, 5) is 39.5. The number of anilines is 4. The predicted octanol–water partition coefficient (Wildman–Crippen LogP) is 7.88. The Morgan fingerprint density at radius 3 is 1.17 bits per heavy atom. The Hall–Kier alpha value is -9.01. The van der Waals surface area contributed by atoms with Gasteiger partial charge in [0.2, 0.25) is 22.5 Å². The number of rotatable bonds is 16. The number of hydrogen-bond acceptors (Lipinski definition) is 30. The normalized spacial score (nSPS) is 12.0. The molecule has 0 aliphatic heterocycles. The van der Waals surface area contributed by atoms with Crippen LogP contribution in [0.2, 0.25) is 10.6 Å². The van der Waals surface area contributed by atoms with Crippen LogP contribution >= 0.6 is 23.2 Å². The van der Waals surface area contributed by atoms with Gasteiger partial charge in [0.05, 0.1) is 45.2 Å². The van der Waals surface area contributed by atoms with Gasteiger partial charge in [0.1, 0.15) is 44.0 Å². The summed E-state index contributed by atoms with van der Waals surface area (Å²) in [5.41, 5.74) is -4.57. The van der Waals surface area contributed by atoms with Crippen LogP contribution in [0.4, 0.5) is 57.4 Å². The van der Waals surface area contributed by atoms with Crippen LogP contribution in [-0.4, -0.2) is 126 Å². The summed E-state index contributed by atoms with van der Waals surface area (Å²) in [6.45, 7) is 0. The van der Waals surface area contributed by atoms with E-state index >= 15 is 0 Å². The minimum absolute atomic E-state index is 0. The number of aromatic nitrogens is 6. The van der Waals surface area contributed by atoms with Crippen molar-refractivity contribution in [1.82, 2.24) is 29.9 Å². The van der Waals surface area contributed by atoms with Crippen LogP contribution in [0.25, 0.3) is 21.5 Å². The maximum atomic E-state index is 12.2. The first kappa shape index (κ1) is 63.2. The molecular weight excluding hydrogens is 1290 g/mol. The molecule has 0 unspecified atom stereocenters. The molecule has 0 aliphatic carbocycles. The topological polar surface area (TPSA) is 554 Å². The van der Waals surface area contributed by atoms with Gasteiger partial charge in [-0.2, -0.15) is 63.6 Å². The summed E-state index contributed by atoms with van der Waals surface area (Å²) >= 11 is 11.7. The minimum Gasteiger partial charge on any atom is -0.506 e.